The van der Waals surface area contributed by atoms with Crippen molar-refractivity contribution in [1.29, 1.82) is 0 Å². The van der Waals surface area contributed by atoms with E-state index in [9.17, 15) is 4.79 Å². The number of hydrogen-bond acceptors (Lipinski definition) is 2. The molecule has 23 heavy (non-hydrogen) atoms. The lowest BCUT2D eigenvalue weighted by Crippen LogP contribution is -2.33. The molecule has 2 unspecified atom stereocenters. The summed E-state index contributed by atoms with van der Waals surface area (Å²) in [4.78, 5) is 16.4. The molecule has 1 N–H and O–H groups in total. The van der Waals surface area contributed by atoms with E-state index in [1.807, 2.05) is 37.9 Å². The van der Waals surface area contributed by atoms with Gasteiger partial charge in [0.25, 0.3) is 0 Å². The Morgan fingerprint density at radius 2 is 2.09 bits per heavy atom. The third-order valence-electron chi connectivity index (χ3n) is 4.26. The molecule has 0 aliphatic heterocycles. The number of aryl methyl sites for hydroxylation is 1. The fraction of sp³-hybridized carbons (Fsp3) is 0.333. The normalized spacial score (nSPS) is 13.9. The number of amides is 1. The highest BCUT2D eigenvalue weighted by Gasteiger charge is 2.17. The van der Waals surface area contributed by atoms with Crippen LogP contribution >= 0.6 is 0 Å². The van der Waals surface area contributed by atoms with Crippen molar-refractivity contribution < 1.29 is 4.79 Å². The van der Waals surface area contributed by atoms with Gasteiger partial charge in [-0.25, -0.2) is 4.98 Å². The summed E-state index contributed by atoms with van der Waals surface area (Å²) in [6.07, 6.45) is 7.38. The smallest absolute Gasteiger partial charge is 0.225 e. The van der Waals surface area contributed by atoms with E-state index in [1.54, 1.807) is 12.5 Å². The molecule has 120 valence electrons. The van der Waals surface area contributed by atoms with E-state index in [-0.39, 0.29) is 17.9 Å². The number of nitrogens with zero attached hydrogens (tertiary/aromatic N) is 3. The summed E-state index contributed by atoms with van der Waals surface area (Å²) in [5, 5.41) is 4.31. The average Bonchev–Trinajstić information content (AvgIpc) is 3.17. The van der Waals surface area contributed by atoms with E-state index in [2.05, 4.69) is 39.1 Å². The Morgan fingerprint density at radius 1 is 1.26 bits per heavy atom. The molecule has 5 nitrogen and oxygen atoms in total. The van der Waals surface area contributed by atoms with Crippen LogP contribution in [0, 0.1) is 5.92 Å². The van der Waals surface area contributed by atoms with Gasteiger partial charge in [-0.15, -0.1) is 0 Å². The van der Waals surface area contributed by atoms with E-state index in [4.69, 9.17) is 0 Å². The molecule has 0 aliphatic carbocycles. The average molecular weight is 310 g/mol. The number of aromatic nitrogens is 3. The van der Waals surface area contributed by atoms with Crippen molar-refractivity contribution in [1.82, 2.24) is 19.4 Å². The molecule has 1 aromatic carbocycles. The first-order chi connectivity index (χ1) is 11.0. The zero-order valence-corrected chi connectivity index (χ0v) is 13.7. The van der Waals surface area contributed by atoms with Gasteiger partial charge >= 0.3 is 0 Å². The Labute approximate surface area is 135 Å². The molecule has 2 aromatic heterocycles. The van der Waals surface area contributed by atoms with Crippen LogP contribution in [0.4, 0.5) is 0 Å². The van der Waals surface area contributed by atoms with Gasteiger partial charge in [0.05, 0.1) is 18.3 Å². The Kier molecular flexibility index (Phi) is 4.19. The highest BCUT2D eigenvalue weighted by atomic mass is 16.1. The number of nitrogens with one attached hydrogen (secondary N) is 1. The Bertz CT molecular complexity index is 804. The van der Waals surface area contributed by atoms with Gasteiger partial charge in [0, 0.05) is 37.7 Å². The highest BCUT2D eigenvalue weighted by Crippen LogP contribution is 2.21. The zero-order chi connectivity index (χ0) is 16.4. The summed E-state index contributed by atoms with van der Waals surface area (Å²) in [7, 11) is 2.03. The highest BCUT2D eigenvalue weighted by molar-refractivity contribution is 5.82. The van der Waals surface area contributed by atoms with Gasteiger partial charge in [0.15, 0.2) is 0 Å². The lowest BCUT2D eigenvalue weighted by Gasteiger charge is -2.18. The van der Waals surface area contributed by atoms with E-state index >= 15 is 0 Å². The first-order valence-corrected chi connectivity index (χ1v) is 7.85. The van der Waals surface area contributed by atoms with Crippen molar-refractivity contribution in [3.8, 4) is 0 Å². The van der Waals surface area contributed by atoms with Crippen LogP contribution < -0.4 is 5.32 Å². The van der Waals surface area contributed by atoms with E-state index in [0.717, 1.165) is 5.56 Å². The molecule has 3 rings (SSSR count). The number of hydrogen-bond donors (Lipinski definition) is 1. The maximum absolute atomic E-state index is 12.4. The van der Waals surface area contributed by atoms with Crippen LogP contribution in [0.3, 0.4) is 0 Å². The van der Waals surface area contributed by atoms with Crippen molar-refractivity contribution in [3.63, 3.8) is 0 Å². The maximum Gasteiger partial charge on any atom is 0.225 e. The Morgan fingerprint density at radius 3 is 2.83 bits per heavy atom. The number of benzene rings is 1. The van der Waals surface area contributed by atoms with Crippen LogP contribution in [0.25, 0.3) is 10.9 Å². The zero-order valence-electron chi connectivity index (χ0n) is 13.7. The van der Waals surface area contributed by atoms with Crippen LogP contribution in [-0.2, 0) is 18.4 Å². The van der Waals surface area contributed by atoms with Gasteiger partial charge in [0.1, 0.15) is 0 Å². The summed E-state index contributed by atoms with van der Waals surface area (Å²) in [6, 6.07) is 8.39. The van der Waals surface area contributed by atoms with Gasteiger partial charge in [-0.3, -0.25) is 4.79 Å². The van der Waals surface area contributed by atoms with Crippen molar-refractivity contribution in [3.05, 3.63) is 54.7 Å². The topological polar surface area (TPSA) is 51.9 Å². The van der Waals surface area contributed by atoms with Crippen LogP contribution in [0.2, 0.25) is 0 Å². The minimum absolute atomic E-state index is 0.0213. The second-order valence-electron chi connectivity index (χ2n) is 6.14. The van der Waals surface area contributed by atoms with Crippen LogP contribution in [0.5, 0.6) is 0 Å². The first kappa shape index (κ1) is 15.3. The third kappa shape index (κ3) is 3.28. The molecular weight excluding hydrogens is 288 g/mol. The molecule has 0 spiro atoms. The molecular formula is C18H22N4O. The summed E-state index contributed by atoms with van der Waals surface area (Å²) in [5.41, 5.74) is 2.29. The standard InChI is InChI=1S/C18H22N4O/c1-13(11-22-9-7-19-12-22)18(23)20-14(2)16-5-4-15-6-8-21(3)17(15)10-16/h4-10,12-14H,11H2,1-3H3,(H,20,23). The van der Waals surface area contributed by atoms with Crippen molar-refractivity contribution >= 4 is 16.8 Å². The SMILES string of the molecule is CC(Cn1ccnc1)C(=O)NC(C)c1ccc2ccn(C)c2c1. The number of rotatable bonds is 5. The van der Waals surface area contributed by atoms with Gasteiger partial charge in [-0.2, -0.15) is 0 Å². The second-order valence-corrected chi connectivity index (χ2v) is 6.14. The molecule has 2 heterocycles. The fourth-order valence-electron chi connectivity index (χ4n) is 2.78. The van der Waals surface area contributed by atoms with Crippen LogP contribution in [-0.4, -0.2) is 20.0 Å². The predicted octanol–water partition coefficient (Wildman–Crippen LogP) is 2.89. The lowest BCUT2D eigenvalue weighted by molar-refractivity contribution is -0.125. The monoisotopic (exact) mass is 310 g/mol. The summed E-state index contributed by atoms with van der Waals surface area (Å²) >= 11 is 0. The maximum atomic E-state index is 12.4. The van der Waals surface area contributed by atoms with Gasteiger partial charge in [-0.05, 0) is 30.0 Å². The molecule has 1 amide bonds. The fourth-order valence-corrected chi connectivity index (χ4v) is 2.78. The summed E-state index contributed by atoms with van der Waals surface area (Å²) < 4.78 is 4.01. The quantitative estimate of drug-likeness (QED) is 0.788. The molecule has 3 aromatic rings. The van der Waals surface area contributed by atoms with Crippen molar-refractivity contribution in [2.45, 2.75) is 26.4 Å². The van der Waals surface area contributed by atoms with Crippen molar-refractivity contribution in [2.24, 2.45) is 13.0 Å². The minimum atomic E-state index is -0.106. The summed E-state index contributed by atoms with van der Waals surface area (Å²) in [5.74, 6) is -0.0522. The Balaban J connectivity index is 1.68. The molecule has 0 aliphatic rings. The second kappa shape index (κ2) is 6.28. The van der Waals surface area contributed by atoms with Crippen molar-refractivity contribution in [2.75, 3.05) is 0 Å². The van der Waals surface area contributed by atoms with Crippen LogP contribution in [0.1, 0.15) is 25.5 Å². The van der Waals surface area contributed by atoms with Gasteiger partial charge < -0.3 is 14.5 Å². The molecule has 2 atom stereocenters. The number of carbonyl (C=O) groups excluding carboxylic acids is 1. The molecule has 0 fully saturated rings. The molecule has 5 heteroatoms. The number of carbonyl (C=O) groups is 1. The minimum Gasteiger partial charge on any atom is -0.351 e. The molecule has 0 radical (unpaired) electrons. The molecule has 0 saturated heterocycles. The third-order valence-corrected chi connectivity index (χ3v) is 4.26. The van der Waals surface area contributed by atoms with E-state index in [1.165, 1.54) is 10.9 Å². The lowest BCUT2D eigenvalue weighted by atomic mass is 10.1. The molecule has 0 saturated carbocycles. The largest absolute Gasteiger partial charge is 0.351 e. The van der Waals surface area contributed by atoms with E-state index < -0.39 is 0 Å². The molecule has 0 bridgehead atoms. The number of imidazole rings is 1. The van der Waals surface area contributed by atoms with Gasteiger partial charge in [0.2, 0.25) is 5.91 Å². The van der Waals surface area contributed by atoms with Crippen LogP contribution in [0.15, 0.2) is 49.2 Å². The Hall–Kier alpha value is -2.56. The predicted molar refractivity (Wildman–Crippen MR) is 90.9 cm³/mol. The van der Waals surface area contributed by atoms with E-state index in [0.29, 0.717) is 6.54 Å². The van der Waals surface area contributed by atoms with Gasteiger partial charge in [-0.1, -0.05) is 19.1 Å². The summed E-state index contributed by atoms with van der Waals surface area (Å²) in [6.45, 7) is 4.59. The first-order valence-electron chi connectivity index (χ1n) is 7.85. The number of fused-ring (bicyclic) bond motifs is 1.